The number of aryl methyl sites for hydroxylation is 10. The molecule has 4 rings (SSSR count). The van der Waals surface area contributed by atoms with Gasteiger partial charge in [-0.1, -0.05) is 48.5 Å². The normalized spacial score (nSPS) is 11.2. The number of phenols is 4. The van der Waals surface area contributed by atoms with Crippen molar-refractivity contribution in [1.29, 1.82) is 0 Å². The third kappa shape index (κ3) is 14.9. The van der Waals surface area contributed by atoms with Gasteiger partial charge in [0, 0.05) is 25.7 Å². The maximum absolute atomic E-state index is 13.2. The van der Waals surface area contributed by atoms with E-state index in [4.69, 9.17) is 28.4 Å². The lowest BCUT2D eigenvalue weighted by Crippen LogP contribution is -2.44. The lowest BCUT2D eigenvalue weighted by Gasteiger charge is -2.31. The lowest BCUT2D eigenvalue weighted by atomic mass is 9.92. The molecule has 4 aromatic carbocycles. The van der Waals surface area contributed by atoms with Gasteiger partial charge in [0.1, 0.15) is 54.8 Å². The molecule has 0 aliphatic carbocycles. The minimum atomic E-state index is -1.63. The number of hydrogen-bond acceptors (Lipinski definition) is 14. The molecule has 0 saturated heterocycles. The van der Waals surface area contributed by atoms with Crippen LogP contribution in [0.15, 0.2) is 48.5 Å². The molecule has 0 bridgehead atoms. The van der Waals surface area contributed by atoms with E-state index < -0.39 is 56.1 Å². The largest absolute Gasteiger partial charge is 0.508 e. The van der Waals surface area contributed by atoms with Gasteiger partial charge in [0.2, 0.25) is 0 Å². The quantitative estimate of drug-likeness (QED) is 0.0486. The molecule has 0 fully saturated rings. The minimum absolute atomic E-state index is 0.0663. The van der Waals surface area contributed by atoms with E-state index in [0.29, 0.717) is 57.3 Å². The van der Waals surface area contributed by atoms with Crippen molar-refractivity contribution in [2.24, 2.45) is 5.41 Å². The van der Waals surface area contributed by atoms with E-state index in [9.17, 15) is 39.6 Å². The molecule has 0 spiro atoms. The van der Waals surface area contributed by atoms with Gasteiger partial charge in [0.15, 0.2) is 0 Å². The van der Waals surface area contributed by atoms with Crippen LogP contribution in [0.1, 0.15) is 79.6 Å². The molecule has 14 heteroatoms. The summed E-state index contributed by atoms with van der Waals surface area (Å²) in [6, 6.07) is 14.2. The standard InChI is InChI=1S/C49H60O14/c1-29-17-37(18-30(2)43(29)52)9-11-41(50)60-25-49(26-61-42(51)12-10-38-19-31(3)44(53)32(4)20-38,27-62-47(56)58-15-13-39-21-33(5)45(54)34(6)22-39)28-63-48(57)59-16-14-40-23-35(7)46(55)36(8)24-40/h17-24,52-55H,9-16,25-28H2,1-8H3. The third-order valence-electron chi connectivity index (χ3n) is 10.7. The number of rotatable bonds is 20. The van der Waals surface area contributed by atoms with Gasteiger partial charge in [-0.25, -0.2) is 9.59 Å². The smallest absolute Gasteiger partial charge is 0.507 e. The number of carbonyl (C=O) groups is 4. The Morgan fingerprint density at radius 3 is 0.889 bits per heavy atom. The van der Waals surface area contributed by atoms with Crippen molar-refractivity contribution in [2.75, 3.05) is 39.6 Å². The van der Waals surface area contributed by atoms with E-state index in [1.807, 2.05) is 0 Å². The highest BCUT2D eigenvalue weighted by Crippen LogP contribution is 2.28. The Hall–Kier alpha value is -6.44. The Bertz CT molecular complexity index is 2030. The molecular formula is C49H60O14. The van der Waals surface area contributed by atoms with Crippen LogP contribution in [0.2, 0.25) is 0 Å². The first-order valence-corrected chi connectivity index (χ1v) is 20.8. The van der Waals surface area contributed by atoms with Gasteiger partial charge in [0.05, 0.1) is 13.2 Å². The maximum atomic E-state index is 13.2. The maximum Gasteiger partial charge on any atom is 0.508 e. The summed E-state index contributed by atoms with van der Waals surface area (Å²) in [6.07, 6.45) is -1.10. The molecule has 14 nitrogen and oxygen atoms in total. The van der Waals surface area contributed by atoms with Crippen LogP contribution in [0.4, 0.5) is 9.59 Å². The topological polar surface area (TPSA) is 205 Å². The van der Waals surface area contributed by atoms with Crippen LogP contribution >= 0.6 is 0 Å². The fourth-order valence-electron chi connectivity index (χ4n) is 7.13. The molecule has 0 radical (unpaired) electrons. The van der Waals surface area contributed by atoms with Gasteiger partial charge >= 0.3 is 24.2 Å². The van der Waals surface area contributed by atoms with Crippen LogP contribution in [-0.4, -0.2) is 84.3 Å². The van der Waals surface area contributed by atoms with Crippen LogP contribution in [0.3, 0.4) is 0 Å². The molecule has 0 unspecified atom stereocenters. The highest BCUT2D eigenvalue weighted by molar-refractivity contribution is 5.70. The minimum Gasteiger partial charge on any atom is -0.507 e. The highest BCUT2D eigenvalue weighted by atomic mass is 16.7. The second-order valence-corrected chi connectivity index (χ2v) is 16.4. The predicted octanol–water partition coefficient (Wildman–Crippen LogP) is 8.41. The fraction of sp³-hybridized carbons (Fsp3) is 0.429. The molecule has 4 N–H and O–H groups in total. The van der Waals surface area contributed by atoms with Gasteiger partial charge in [0.25, 0.3) is 0 Å². The molecule has 0 aliphatic heterocycles. The molecule has 4 aromatic rings. The Labute approximate surface area is 368 Å². The predicted molar refractivity (Wildman–Crippen MR) is 233 cm³/mol. The second-order valence-electron chi connectivity index (χ2n) is 16.4. The van der Waals surface area contributed by atoms with E-state index >= 15 is 0 Å². The van der Waals surface area contributed by atoms with Crippen LogP contribution in [-0.2, 0) is 63.7 Å². The molecule has 0 atom stereocenters. The number of benzene rings is 4. The summed E-state index contributed by atoms with van der Waals surface area (Å²) in [7, 11) is 0. The number of carbonyl (C=O) groups excluding carboxylic acids is 4. The summed E-state index contributed by atoms with van der Waals surface area (Å²) in [5.41, 5.74) is 6.93. The molecule has 0 saturated carbocycles. The Kier molecular flexibility index (Phi) is 17.7. The number of aromatic hydroxyl groups is 4. The van der Waals surface area contributed by atoms with E-state index in [2.05, 4.69) is 0 Å². The van der Waals surface area contributed by atoms with Gasteiger partial charge in [-0.3, -0.25) is 9.59 Å². The van der Waals surface area contributed by atoms with E-state index in [0.717, 1.165) is 22.3 Å². The summed E-state index contributed by atoms with van der Waals surface area (Å²) in [5, 5.41) is 40.6. The Balaban J connectivity index is 1.51. The van der Waals surface area contributed by atoms with Gasteiger partial charge in [-0.05, 0) is 135 Å². The van der Waals surface area contributed by atoms with Crippen molar-refractivity contribution >= 4 is 24.2 Å². The molecule has 340 valence electrons. The third-order valence-corrected chi connectivity index (χ3v) is 10.7. The van der Waals surface area contributed by atoms with E-state index in [1.54, 1.807) is 104 Å². The first kappa shape index (κ1) is 49.2. The molecule has 63 heavy (non-hydrogen) atoms. The molecule has 0 aromatic heterocycles. The molecular weight excluding hydrogens is 813 g/mol. The Morgan fingerprint density at radius 2 is 0.619 bits per heavy atom. The SMILES string of the molecule is Cc1cc(CCOC(=O)OCC(COC(=O)CCc2cc(C)c(O)c(C)c2)(COC(=O)CCc2cc(C)c(O)c(C)c2)COC(=O)OCCc2cc(C)c(O)c(C)c2)cc(C)c1O. The van der Waals surface area contributed by atoms with Gasteiger partial charge in [-0.15, -0.1) is 0 Å². The lowest BCUT2D eigenvalue weighted by molar-refractivity contribution is -0.160. The summed E-state index contributed by atoms with van der Waals surface area (Å²) < 4.78 is 33.2. The van der Waals surface area contributed by atoms with Crippen molar-refractivity contribution in [3.8, 4) is 23.0 Å². The van der Waals surface area contributed by atoms with Crippen LogP contribution in [0.25, 0.3) is 0 Å². The summed E-state index contributed by atoms with van der Waals surface area (Å²) in [5.74, 6) is -0.584. The Morgan fingerprint density at radius 1 is 0.381 bits per heavy atom. The zero-order chi connectivity index (χ0) is 46.4. The molecule has 0 amide bonds. The first-order valence-electron chi connectivity index (χ1n) is 20.8. The summed E-state index contributed by atoms with van der Waals surface area (Å²) in [4.78, 5) is 52.5. The number of phenolic OH excluding ortho intramolecular Hbond substituents is 4. The first-order chi connectivity index (χ1) is 29.7. The van der Waals surface area contributed by atoms with Crippen LogP contribution < -0.4 is 0 Å². The number of hydrogen-bond donors (Lipinski definition) is 4. The summed E-state index contributed by atoms with van der Waals surface area (Å²) in [6.45, 7) is 11.8. The van der Waals surface area contributed by atoms with Crippen molar-refractivity contribution in [3.05, 3.63) is 115 Å². The van der Waals surface area contributed by atoms with E-state index in [-0.39, 0.29) is 61.9 Å². The van der Waals surface area contributed by atoms with Crippen molar-refractivity contribution in [2.45, 2.75) is 93.9 Å². The zero-order valence-corrected chi connectivity index (χ0v) is 37.5. The van der Waals surface area contributed by atoms with E-state index in [1.165, 1.54) is 0 Å². The molecule has 0 heterocycles. The van der Waals surface area contributed by atoms with Crippen molar-refractivity contribution in [1.82, 2.24) is 0 Å². The fourth-order valence-corrected chi connectivity index (χ4v) is 7.13. The molecule has 0 aliphatic rings. The van der Waals surface area contributed by atoms with Gasteiger partial charge in [-0.2, -0.15) is 0 Å². The monoisotopic (exact) mass is 872 g/mol. The zero-order valence-electron chi connectivity index (χ0n) is 37.5. The highest BCUT2D eigenvalue weighted by Gasteiger charge is 2.38. The van der Waals surface area contributed by atoms with Crippen LogP contribution in [0.5, 0.6) is 23.0 Å². The van der Waals surface area contributed by atoms with Crippen molar-refractivity contribution in [3.63, 3.8) is 0 Å². The second kappa shape index (κ2) is 22.6. The average molecular weight is 873 g/mol. The number of esters is 2. The number of ether oxygens (including phenoxy) is 6. The van der Waals surface area contributed by atoms with Gasteiger partial charge < -0.3 is 48.8 Å². The average Bonchev–Trinajstić information content (AvgIpc) is 3.23. The van der Waals surface area contributed by atoms with Crippen LogP contribution in [0, 0.1) is 60.8 Å². The van der Waals surface area contributed by atoms with Crippen molar-refractivity contribution < 1.29 is 68.0 Å². The summed E-state index contributed by atoms with van der Waals surface area (Å²) >= 11 is 0.